The summed E-state index contributed by atoms with van der Waals surface area (Å²) in [5, 5.41) is 4.40. The maximum atomic E-state index is 12.7. The van der Waals surface area contributed by atoms with Gasteiger partial charge in [-0.25, -0.2) is 0 Å². The van der Waals surface area contributed by atoms with Crippen LogP contribution in [0.1, 0.15) is 46.9 Å². The molecule has 1 atom stereocenters. The number of carbonyl (C=O) groups excluding carboxylic acids is 3. The van der Waals surface area contributed by atoms with Crippen molar-refractivity contribution < 1.29 is 14.4 Å². The Balaban J connectivity index is 1.64. The molecule has 3 amide bonds. The van der Waals surface area contributed by atoms with Crippen LogP contribution in [0.3, 0.4) is 0 Å². The van der Waals surface area contributed by atoms with E-state index in [1.807, 2.05) is 31.2 Å². The third kappa shape index (κ3) is 3.60. The summed E-state index contributed by atoms with van der Waals surface area (Å²) in [6.07, 6.45) is 1.41. The highest BCUT2D eigenvalue weighted by Crippen LogP contribution is 2.29. The van der Waals surface area contributed by atoms with Crippen molar-refractivity contribution in [3.63, 3.8) is 0 Å². The third-order valence-corrected chi connectivity index (χ3v) is 4.56. The molecule has 0 bridgehead atoms. The molecule has 1 aliphatic heterocycles. The molecule has 26 heavy (non-hydrogen) atoms. The van der Waals surface area contributed by atoms with E-state index in [9.17, 15) is 14.4 Å². The van der Waals surface area contributed by atoms with E-state index in [2.05, 4.69) is 5.32 Å². The predicted octanol–water partition coefficient (Wildman–Crippen LogP) is 2.07. The van der Waals surface area contributed by atoms with Crippen LogP contribution in [0.15, 0.2) is 36.4 Å². The number of benzene rings is 2. The molecular formula is C20H23N3O3. The summed E-state index contributed by atoms with van der Waals surface area (Å²) in [5.41, 5.74) is 6.73. The summed E-state index contributed by atoms with van der Waals surface area (Å²) >= 11 is 0. The van der Waals surface area contributed by atoms with Crippen molar-refractivity contribution in [2.45, 2.75) is 32.2 Å². The summed E-state index contributed by atoms with van der Waals surface area (Å²) in [7, 11) is 0. The third-order valence-electron chi connectivity index (χ3n) is 4.56. The van der Waals surface area contributed by atoms with Gasteiger partial charge in [-0.05, 0) is 37.3 Å². The molecule has 2 aromatic rings. The van der Waals surface area contributed by atoms with Crippen LogP contribution in [-0.4, -0.2) is 41.8 Å². The Morgan fingerprint density at radius 1 is 1.12 bits per heavy atom. The van der Waals surface area contributed by atoms with Gasteiger partial charge in [-0.15, -0.1) is 0 Å². The van der Waals surface area contributed by atoms with Crippen molar-refractivity contribution in [2.24, 2.45) is 5.73 Å². The molecule has 3 rings (SSSR count). The fourth-order valence-electron chi connectivity index (χ4n) is 3.21. The molecule has 0 saturated carbocycles. The predicted molar refractivity (Wildman–Crippen MR) is 99.8 cm³/mol. The van der Waals surface area contributed by atoms with Gasteiger partial charge in [-0.2, -0.15) is 0 Å². The molecule has 1 aliphatic rings. The monoisotopic (exact) mass is 353 g/mol. The molecule has 0 aromatic heterocycles. The Morgan fingerprint density at radius 3 is 2.31 bits per heavy atom. The van der Waals surface area contributed by atoms with Crippen LogP contribution in [0.5, 0.6) is 0 Å². The fraction of sp³-hybridized carbons (Fsp3) is 0.350. The minimum atomic E-state index is -0.295. The first kappa shape index (κ1) is 18.1. The number of imide groups is 1. The molecule has 1 unspecified atom stereocenters. The average molecular weight is 353 g/mol. The highest BCUT2D eigenvalue weighted by molar-refractivity contribution is 6.25. The molecule has 0 fully saturated rings. The van der Waals surface area contributed by atoms with Gasteiger partial charge < -0.3 is 11.1 Å². The topological polar surface area (TPSA) is 92.5 Å². The van der Waals surface area contributed by atoms with Crippen LogP contribution in [0.2, 0.25) is 0 Å². The Labute approximate surface area is 152 Å². The normalized spacial score (nSPS) is 14.6. The van der Waals surface area contributed by atoms with Crippen molar-refractivity contribution >= 4 is 28.5 Å². The number of rotatable bonds is 7. The van der Waals surface area contributed by atoms with Gasteiger partial charge in [0.15, 0.2) is 0 Å². The lowest BCUT2D eigenvalue weighted by molar-refractivity contribution is -0.121. The number of amides is 3. The zero-order chi connectivity index (χ0) is 18.7. The van der Waals surface area contributed by atoms with E-state index in [0.29, 0.717) is 24.1 Å². The second kappa shape index (κ2) is 7.66. The molecule has 1 heterocycles. The Bertz CT molecular complexity index is 810. The van der Waals surface area contributed by atoms with Gasteiger partial charge in [0, 0.05) is 42.1 Å². The summed E-state index contributed by atoms with van der Waals surface area (Å²) in [4.78, 5) is 38.5. The van der Waals surface area contributed by atoms with E-state index < -0.39 is 0 Å². The highest BCUT2D eigenvalue weighted by Gasteiger charge is 2.32. The van der Waals surface area contributed by atoms with E-state index in [1.54, 1.807) is 12.1 Å². The maximum Gasteiger partial charge on any atom is 0.261 e. The molecule has 0 aliphatic carbocycles. The minimum Gasteiger partial charge on any atom is -0.356 e. The lowest BCUT2D eigenvalue weighted by Crippen LogP contribution is -2.41. The lowest BCUT2D eigenvalue weighted by Gasteiger charge is -2.27. The van der Waals surface area contributed by atoms with Gasteiger partial charge in [-0.3, -0.25) is 19.3 Å². The second-order valence-electron chi connectivity index (χ2n) is 6.69. The van der Waals surface area contributed by atoms with Gasteiger partial charge >= 0.3 is 0 Å². The van der Waals surface area contributed by atoms with Gasteiger partial charge in [0.2, 0.25) is 5.91 Å². The molecule has 0 saturated heterocycles. The summed E-state index contributed by atoms with van der Waals surface area (Å²) in [6.45, 7) is 2.65. The quantitative estimate of drug-likeness (QED) is 0.745. The van der Waals surface area contributed by atoms with Gasteiger partial charge in [0.1, 0.15) is 0 Å². The number of nitrogens with one attached hydrogen (secondary N) is 1. The van der Waals surface area contributed by atoms with E-state index in [1.165, 1.54) is 4.90 Å². The minimum absolute atomic E-state index is 0.0432. The Kier molecular flexibility index (Phi) is 5.32. The van der Waals surface area contributed by atoms with E-state index in [4.69, 9.17) is 5.73 Å². The average Bonchev–Trinajstić information content (AvgIpc) is 2.62. The van der Waals surface area contributed by atoms with E-state index in [-0.39, 0.29) is 36.7 Å². The molecule has 0 radical (unpaired) electrons. The molecule has 6 heteroatoms. The standard InChI is InChI=1S/C20H23N3O3/c1-13(21)10-11-22-17(24)9-4-12-23-19(25)15-7-2-5-14-6-3-8-16(18(14)15)20(23)26/h2-3,5-8,13H,4,9-12,21H2,1H3,(H,22,24). The fourth-order valence-corrected chi connectivity index (χ4v) is 3.21. The smallest absolute Gasteiger partial charge is 0.261 e. The van der Waals surface area contributed by atoms with E-state index in [0.717, 1.165) is 17.2 Å². The van der Waals surface area contributed by atoms with Gasteiger partial charge in [0.25, 0.3) is 11.8 Å². The van der Waals surface area contributed by atoms with E-state index >= 15 is 0 Å². The Hall–Kier alpha value is -2.73. The van der Waals surface area contributed by atoms with Crippen LogP contribution in [0.25, 0.3) is 10.8 Å². The largest absolute Gasteiger partial charge is 0.356 e. The summed E-state index contributed by atoms with van der Waals surface area (Å²) in [5.74, 6) is -0.682. The zero-order valence-electron chi connectivity index (χ0n) is 14.8. The van der Waals surface area contributed by atoms with Gasteiger partial charge in [0.05, 0.1) is 0 Å². The number of hydrogen-bond acceptors (Lipinski definition) is 4. The first-order valence-corrected chi connectivity index (χ1v) is 8.89. The molecule has 2 aromatic carbocycles. The van der Waals surface area contributed by atoms with Gasteiger partial charge in [-0.1, -0.05) is 24.3 Å². The van der Waals surface area contributed by atoms with Crippen LogP contribution in [0.4, 0.5) is 0 Å². The molecule has 3 N–H and O–H groups in total. The first-order chi connectivity index (χ1) is 12.5. The number of nitrogens with zero attached hydrogens (tertiary/aromatic N) is 1. The van der Waals surface area contributed by atoms with Crippen LogP contribution < -0.4 is 11.1 Å². The molecule has 136 valence electrons. The van der Waals surface area contributed by atoms with Crippen LogP contribution in [0, 0.1) is 0 Å². The maximum absolute atomic E-state index is 12.7. The Morgan fingerprint density at radius 2 is 1.73 bits per heavy atom. The summed E-state index contributed by atoms with van der Waals surface area (Å²) < 4.78 is 0. The van der Waals surface area contributed by atoms with Crippen molar-refractivity contribution in [3.05, 3.63) is 47.5 Å². The molecule has 0 spiro atoms. The van der Waals surface area contributed by atoms with Crippen molar-refractivity contribution in [1.29, 1.82) is 0 Å². The number of hydrogen-bond donors (Lipinski definition) is 2. The zero-order valence-corrected chi connectivity index (χ0v) is 14.8. The van der Waals surface area contributed by atoms with Crippen LogP contribution in [-0.2, 0) is 4.79 Å². The number of nitrogens with two attached hydrogens (primary N) is 1. The molecule has 6 nitrogen and oxygen atoms in total. The summed E-state index contributed by atoms with van der Waals surface area (Å²) in [6, 6.07) is 11.0. The number of carbonyl (C=O) groups is 3. The van der Waals surface area contributed by atoms with Crippen molar-refractivity contribution in [1.82, 2.24) is 10.2 Å². The highest BCUT2D eigenvalue weighted by atomic mass is 16.2. The molecular weight excluding hydrogens is 330 g/mol. The van der Waals surface area contributed by atoms with Crippen LogP contribution >= 0.6 is 0 Å². The SMILES string of the molecule is CC(N)CCNC(=O)CCCN1C(=O)c2cccc3cccc(c23)C1=O. The van der Waals surface area contributed by atoms with Crippen molar-refractivity contribution in [2.75, 3.05) is 13.1 Å². The first-order valence-electron chi connectivity index (χ1n) is 8.89. The van der Waals surface area contributed by atoms with Crippen molar-refractivity contribution in [3.8, 4) is 0 Å². The lowest BCUT2D eigenvalue weighted by atomic mass is 9.94. The second-order valence-corrected chi connectivity index (χ2v) is 6.69.